The fraction of sp³-hybridized carbons (Fsp3) is 0.636. The van der Waals surface area contributed by atoms with E-state index in [1.54, 1.807) is 11.8 Å². The Hall–Kier alpha value is -1.57. The number of nitrogens with one attached hydrogen (secondary N) is 1. The van der Waals surface area contributed by atoms with Gasteiger partial charge in [0, 0.05) is 37.5 Å². The van der Waals surface area contributed by atoms with Crippen LogP contribution in [0.3, 0.4) is 0 Å². The maximum Gasteiger partial charge on any atom is 0.255 e. The second kappa shape index (κ2) is 10.5. The number of amides is 2. The molecule has 0 saturated carbocycles. The van der Waals surface area contributed by atoms with Crippen molar-refractivity contribution in [1.82, 2.24) is 15.1 Å². The van der Waals surface area contributed by atoms with Gasteiger partial charge in [0.05, 0.1) is 18.6 Å². The molecule has 1 N–H and O–H groups in total. The molecule has 6 nitrogen and oxygen atoms in total. The molecular weight excluding hydrogens is 386 g/mol. The van der Waals surface area contributed by atoms with E-state index in [4.69, 9.17) is 4.74 Å². The number of aryl methyl sites for hydroxylation is 1. The highest BCUT2D eigenvalue weighted by Crippen LogP contribution is 2.34. The summed E-state index contributed by atoms with van der Waals surface area (Å²) in [5.74, 6) is 1.02. The molecule has 2 saturated heterocycles. The topological polar surface area (TPSA) is 61.9 Å². The van der Waals surface area contributed by atoms with E-state index in [9.17, 15) is 9.59 Å². The molecule has 7 heteroatoms. The first kappa shape index (κ1) is 22.1. The SMILES string of the molecule is Cc1ccc(C(=O)N2C(CC(C)C)SCC2C(=O)NCCN2CCOCC2)cc1. The van der Waals surface area contributed by atoms with E-state index in [0.29, 0.717) is 23.8 Å². The van der Waals surface area contributed by atoms with Gasteiger partial charge in [0.1, 0.15) is 6.04 Å². The van der Waals surface area contributed by atoms with E-state index in [1.165, 1.54) is 0 Å². The second-order valence-electron chi connectivity index (χ2n) is 8.26. The predicted octanol–water partition coefficient (Wildman–Crippen LogP) is 2.37. The van der Waals surface area contributed by atoms with Crippen molar-refractivity contribution in [3.8, 4) is 0 Å². The van der Waals surface area contributed by atoms with Gasteiger partial charge in [-0.3, -0.25) is 14.5 Å². The number of carbonyl (C=O) groups is 2. The summed E-state index contributed by atoms with van der Waals surface area (Å²) in [6.45, 7) is 11.1. The van der Waals surface area contributed by atoms with Crippen molar-refractivity contribution >= 4 is 23.6 Å². The Morgan fingerprint density at radius 3 is 2.55 bits per heavy atom. The second-order valence-corrected chi connectivity index (χ2v) is 9.47. The Kier molecular flexibility index (Phi) is 7.98. The van der Waals surface area contributed by atoms with Gasteiger partial charge in [0.15, 0.2) is 0 Å². The summed E-state index contributed by atoms with van der Waals surface area (Å²) in [6, 6.07) is 7.21. The molecule has 1 aromatic carbocycles. The molecule has 160 valence electrons. The van der Waals surface area contributed by atoms with E-state index >= 15 is 0 Å². The van der Waals surface area contributed by atoms with Crippen LogP contribution in [0.1, 0.15) is 36.2 Å². The van der Waals surface area contributed by atoms with Gasteiger partial charge in [0.2, 0.25) is 5.91 Å². The molecule has 2 unspecified atom stereocenters. The van der Waals surface area contributed by atoms with Crippen molar-refractivity contribution in [2.75, 3.05) is 45.1 Å². The quantitative estimate of drug-likeness (QED) is 0.735. The van der Waals surface area contributed by atoms with Gasteiger partial charge in [-0.05, 0) is 31.4 Å². The molecule has 0 aliphatic carbocycles. The number of nitrogens with zero attached hydrogens (tertiary/aromatic N) is 2. The molecule has 29 heavy (non-hydrogen) atoms. The Morgan fingerprint density at radius 1 is 1.21 bits per heavy atom. The molecule has 3 rings (SSSR count). The van der Waals surface area contributed by atoms with Crippen molar-refractivity contribution in [3.63, 3.8) is 0 Å². The number of ether oxygens (including phenoxy) is 1. The predicted molar refractivity (Wildman–Crippen MR) is 117 cm³/mol. The van der Waals surface area contributed by atoms with Crippen LogP contribution in [0.2, 0.25) is 0 Å². The molecule has 0 aromatic heterocycles. The molecule has 2 aliphatic heterocycles. The maximum absolute atomic E-state index is 13.3. The molecule has 2 fully saturated rings. The fourth-order valence-electron chi connectivity index (χ4n) is 3.75. The van der Waals surface area contributed by atoms with E-state index in [-0.39, 0.29) is 17.2 Å². The van der Waals surface area contributed by atoms with Crippen molar-refractivity contribution in [3.05, 3.63) is 35.4 Å². The lowest BCUT2D eigenvalue weighted by Crippen LogP contribution is -2.51. The maximum atomic E-state index is 13.3. The van der Waals surface area contributed by atoms with Gasteiger partial charge >= 0.3 is 0 Å². The summed E-state index contributed by atoms with van der Waals surface area (Å²) in [5, 5.41) is 3.10. The van der Waals surface area contributed by atoms with Crippen molar-refractivity contribution < 1.29 is 14.3 Å². The van der Waals surface area contributed by atoms with Crippen LogP contribution in [0.5, 0.6) is 0 Å². The van der Waals surface area contributed by atoms with Gasteiger partial charge < -0.3 is 15.0 Å². The molecule has 0 spiro atoms. The highest BCUT2D eigenvalue weighted by Gasteiger charge is 2.41. The number of thioether (sulfide) groups is 1. The third-order valence-electron chi connectivity index (χ3n) is 5.43. The lowest BCUT2D eigenvalue weighted by Gasteiger charge is -2.30. The van der Waals surface area contributed by atoms with Crippen molar-refractivity contribution in [2.45, 2.75) is 38.6 Å². The van der Waals surface area contributed by atoms with Gasteiger partial charge in [-0.25, -0.2) is 0 Å². The molecule has 0 bridgehead atoms. The Morgan fingerprint density at radius 2 is 1.90 bits per heavy atom. The van der Waals surface area contributed by atoms with Crippen LogP contribution in [0.25, 0.3) is 0 Å². The van der Waals surface area contributed by atoms with Crippen LogP contribution >= 0.6 is 11.8 Å². The molecule has 2 amide bonds. The minimum absolute atomic E-state index is 0.0406. The highest BCUT2D eigenvalue weighted by atomic mass is 32.2. The molecule has 2 aliphatic rings. The van der Waals surface area contributed by atoms with E-state index < -0.39 is 6.04 Å². The molecule has 1 aromatic rings. The Bertz CT molecular complexity index is 689. The molecule has 0 radical (unpaired) electrons. The molecule has 2 heterocycles. The summed E-state index contributed by atoms with van der Waals surface area (Å²) in [7, 11) is 0. The minimum Gasteiger partial charge on any atom is -0.379 e. The Labute approximate surface area is 178 Å². The standard InChI is InChI=1S/C22H33N3O3S/c1-16(2)14-20-25(22(27)18-6-4-17(3)5-7-18)19(15-29-20)21(26)23-8-9-24-10-12-28-13-11-24/h4-7,16,19-20H,8-15H2,1-3H3,(H,23,26). The van der Waals surface area contributed by atoms with Crippen molar-refractivity contribution in [1.29, 1.82) is 0 Å². The van der Waals surface area contributed by atoms with Crippen LogP contribution in [0.15, 0.2) is 24.3 Å². The third kappa shape index (κ3) is 5.96. The minimum atomic E-state index is -0.415. The summed E-state index contributed by atoms with van der Waals surface area (Å²) < 4.78 is 5.37. The summed E-state index contributed by atoms with van der Waals surface area (Å²) in [4.78, 5) is 30.4. The normalized spacial score (nSPS) is 22.8. The fourth-order valence-corrected chi connectivity index (χ4v) is 5.39. The zero-order valence-electron chi connectivity index (χ0n) is 17.7. The summed E-state index contributed by atoms with van der Waals surface area (Å²) >= 11 is 1.72. The van der Waals surface area contributed by atoms with Crippen LogP contribution in [0.4, 0.5) is 0 Å². The highest BCUT2D eigenvalue weighted by molar-refractivity contribution is 8.00. The van der Waals surface area contributed by atoms with E-state index in [0.717, 1.165) is 44.8 Å². The zero-order chi connectivity index (χ0) is 20.8. The summed E-state index contributed by atoms with van der Waals surface area (Å²) in [6.07, 6.45) is 0.889. The number of benzene rings is 1. The largest absolute Gasteiger partial charge is 0.379 e. The monoisotopic (exact) mass is 419 g/mol. The van der Waals surface area contributed by atoms with Gasteiger partial charge in [-0.1, -0.05) is 31.5 Å². The smallest absolute Gasteiger partial charge is 0.255 e. The van der Waals surface area contributed by atoms with Crippen LogP contribution < -0.4 is 5.32 Å². The van der Waals surface area contributed by atoms with Crippen LogP contribution in [-0.2, 0) is 9.53 Å². The summed E-state index contributed by atoms with van der Waals surface area (Å²) in [5.41, 5.74) is 1.77. The lowest BCUT2D eigenvalue weighted by atomic mass is 10.1. The number of morpholine rings is 1. The molecular formula is C22H33N3O3S. The zero-order valence-corrected chi connectivity index (χ0v) is 18.5. The van der Waals surface area contributed by atoms with Crippen molar-refractivity contribution in [2.24, 2.45) is 5.92 Å². The first-order valence-corrected chi connectivity index (χ1v) is 11.6. The molecule has 2 atom stereocenters. The van der Waals surface area contributed by atoms with E-state index in [2.05, 4.69) is 24.1 Å². The Balaban J connectivity index is 1.65. The van der Waals surface area contributed by atoms with Gasteiger partial charge in [-0.2, -0.15) is 0 Å². The average molecular weight is 420 g/mol. The number of carbonyl (C=O) groups excluding carboxylic acids is 2. The van der Waals surface area contributed by atoms with E-state index in [1.807, 2.05) is 36.1 Å². The van der Waals surface area contributed by atoms with Gasteiger partial charge in [-0.15, -0.1) is 11.8 Å². The number of hydrogen-bond acceptors (Lipinski definition) is 5. The number of rotatable bonds is 7. The number of hydrogen-bond donors (Lipinski definition) is 1. The van der Waals surface area contributed by atoms with Crippen LogP contribution in [0, 0.1) is 12.8 Å². The first-order valence-electron chi connectivity index (χ1n) is 10.5. The third-order valence-corrected chi connectivity index (χ3v) is 6.74. The van der Waals surface area contributed by atoms with Gasteiger partial charge in [0.25, 0.3) is 5.91 Å². The first-order chi connectivity index (χ1) is 14.0. The lowest BCUT2D eigenvalue weighted by molar-refractivity contribution is -0.125. The van der Waals surface area contributed by atoms with Crippen LogP contribution in [-0.4, -0.2) is 78.2 Å². The average Bonchev–Trinajstić information content (AvgIpc) is 3.11.